The van der Waals surface area contributed by atoms with E-state index in [9.17, 15) is 14.4 Å². The second-order valence-electron chi connectivity index (χ2n) is 3.58. The van der Waals surface area contributed by atoms with Crippen molar-refractivity contribution in [2.75, 3.05) is 14.2 Å². The molecule has 0 aliphatic carbocycles. The Kier molecular flexibility index (Phi) is 6.25. The van der Waals surface area contributed by atoms with Crippen LogP contribution in [0.15, 0.2) is 0 Å². The smallest absolute Gasteiger partial charge is 0.331 e. The lowest BCUT2D eigenvalue weighted by molar-refractivity contribution is 0.259. The summed E-state index contributed by atoms with van der Waals surface area (Å²) in [4.78, 5) is 18.8. The third-order valence-corrected chi connectivity index (χ3v) is 7.57. The largest absolute Gasteiger partial charge is 0.400 e. The van der Waals surface area contributed by atoms with Crippen LogP contribution in [0.5, 0.6) is 0 Å². The molecule has 0 unspecified atom stereocenters. The summed E-state index contributed by atoms with van der Waals surface area (Å²) in [6.07, 6.45) is 0.869. The van der Waals surface area contributed by atoms with Crippen LogP contribution in [0.4, 0.5) is 0 Å². The van der Waals surface area contributed by atoms with Crippen LogP contribution < -0.4 is 0 Å². The van der Waals surface area contributed by atoms with Crippen molar-refractivity contribution in [1.29, 1.82) is 0 Å². The van der Waals surface area contributed by atoms with Crippen molar-refractivity contribution in [3.8, 4) is 0 Å². The average Bonchev–Trinajstić information content (AvgIpc) is 2.19. The van der Waals surface area contributed by atoms with Crippen LogP contribution in [0.1, 0.15) is 26.7 Å². The molecule has 0 spiro atoms. The third kappa shape index (κ3) is 3.66. The van der Waals surface area contributed by atoms with E-state index in [2.05, 4.69) is 0 Å². The molecule has 0 bridgehead atoms. The highest BCUT2D eigenvalue weighted by atomic mass is 31.2. The molecule has 7 heteroatoms. The highest BCUT2D eigenvalue weighted by molar-refractivity contribution is 7.53. The van der Waals surface area contributed by atoms with Gasteiger partial charge in [-0.05, 0) is 12.8 Å². The van der Waals surface area contributed by atoms with Gasteiger partial charge in [0.2, 0.25) is 0 Å². The monoisotopic (exact) mass is 256 g/mol. The zero-order chi connectivity index (χ0) is 12.1. The first-order valence-electron chi connectivity index (χ1n) is 4.98. The molecule has 0 amide bonds. The summed E-state index contributed by atoms with van der Waals surface area (Å²) >= 11 is 0. The van der Waals surface area contributed by atoms with Gasteiger partial charge in [0.1, 0.15) is 0 Å². The van der Waals surface area contributed by atoms with E-state index in [0.717, 1.165) is 0 Å². The number of hydrogen-bond acceptors (Lipinski definition) is 3. The Morgan fingerprint density at radius 3 is 1.80 bits per heavy atom. The fraction of sp³-hybridized carbons (Fsp3) is 1.00. The summed E-state index contributed by atoms with van der Waals surface area (Å²) in [5.74, 6) is 0. The Balaban J connectivity index is 4.87. The molecule has 0 atom stereocenters. The molecule has 0 radical (unpaired) electrons. The molecular weight excluding hydrogens is 235 g/mol. The van der Waals surface area contributed by atoms with Gasteiger partial charge in [0.15, 0.2) is 0 Å². The van der Waals surface area contributed by atoms with Crippen molar-refractivity contribution in [3.63, 3.8) is 0 Å². The lowest BCUT2D eigenvalue weighted by Crippen LogP contribution is -2.35. The summed E-state index contributed by atoms with van der Waals surface area (Å²) in [5.41, 5.74) is 0. The van der Waals surface area contributed by atoms with Gasteiger partial charge < -0.3 is 18.6 Å². The van der Waals surface area contributed by atoms with E-state index >= 15 is 0 Å². The molecule has 15 heavy (non-hydrogen) atoms. The predicted molar refractivity (Wildman–Crippen MR) is 61.3 cm³/mol. The maximum Gasteiger partial charge on any atom is 0.331 e. The van der Waals surface area contributed by atoms with Crippen LogP contribution in [0.25, 0.3) is 0 Å². The molecule has 0 heterocycles. The minimum absolute atomic E-state index is 0.345. The summed E-state index contributed by atoms with van der Waals surface area (Å²) in [6, 6.07) is 0.345. The number of rotatable bonds is 7. The van der Waals surface area contributed by atoms with Crippen LogP contribution in [0.3, 0.4) is 0 Å². The SMILES string of the molecule is CCC(CC)(C[SiH](OC)OC)P(=O)(O)O. The Morgan fingerprint density at radius 2 is 1.60 bits per heavy atom. The van der Waals surface area contributed by atoms with Crippen molar-refractivity contribution in [2.45, 2.75) is 37.9 Å². The first-order chi connectivity index (χ1) is 6.86. The molecule has 92 valence electrons. The molecule has 0 saturated carbocycles. The molecule has 0 aromatic rings. The Morgan fingerprint density at radius 1 is 1.20 bits per heavy atom. The van der Waals surface area contributed by atoms with Crippen molar-refractivity contribution in [1.82, 2.24) is 0 Å². The number of hydrogen-bond donors (Lipinski definition) is 2. The first kappa shape index (κ1) is 15.3. The van der Waals surface area contributed by atoms with E-state index in [-0.39, 0.29) is 0 Å². The second kappa shape index (κ2) is 6.13. The Hall–Kier alpha value is 0.287. The topological polar surface area (TPSA) is 76.0 Å². The van der Waals surface area contributed by atoms with Gasteiger partial charge in [0.05, 0.1) is 5.16 Å². The van der Waals surface area contributed by atoms with E-state index in [4.69, 9.17) is 8.85 Å². The van der Waals surface area contributed by atoms with Gasteiger partial charge in [-0.3, -0.25) is 4.57 Å². The Bertz CT molecular complexity index is 221. The summed E-state index contributed by atoms with van der Waals surface area (Å²) < 4.78 is 21.7. The van der Waals surface area contributed by atoms with E-state index in [0.29, 0.717) is 18.9 Å². The van der Waals surface area contributed by atoms with Crippen molar-refractivity contribution in [3.05, 3.63) is 0 Å². The molecule has 0 aromatic carbocycles. The van der Waals surface area contributed by atoms with Crippen LogP contribution in [-0.4, -0.2) is 38.4 Å². The molecule has 0 fully saturated rings. The van der Waals surface area contributed by atoms with E-state index in [1.54, 1.807) is 13.8 Å². The fourth-order valence-corrected chi connectivity index (χ4v) is 5.59. The molecule has 0 rings (SSSR count). The lowest BCUT2D eigenvalue weighted by Gasteiger charge is -2.33. The van der Waals surface area contributed by atoms with Crippen LogP contribution in [0.2, 0.25) is 6.04 Å². The molecule has 0 aliphatic heterocycles. The summed E-state index contributed by atoms with van der Waals surface area (Å²) in [5, 5.41) is -0.976. The van der Waals surface area contributed by atoms with Gasteiger partial charge in [0.25, 0.3) is 0 Å². The van der Waals surface area contributed by atoms with E-state index < -0.39 is 22.0 Å². The molecule has 0 aromatic heterocycles. The Labute approximate surface area is 92.8 Å². The van der Waals surface area contributed by atoms with Gasteiger partial charge >= 0.3 is 16.9 Å². The standard InChI is InChI=1S/C8H21O5PSi/c1-5-8(6-2,14(9,10)11)7-15(12-3)13-4/h15H,5-7H2,1-4H3,(H2,9,10,11). The maximum absolute atomic E-state index is 11.5. The first-order valence-corrected chi connectivity index (χ1v) is 8.35. The highest BCUT2D eigenvalue weighted by Gasteiger charge is 2.46. The quantitative estimate of drug-likeness (QED) is 0.529. The van der Waals surface area contributed by atoms with Crippen molar-refractivity contribution in [2.24, 2.45) is 0 Å². The fourth-order valence-electron chi connectivity index (χ4n) is 1.64. The predicted octanol–water partition coefficient (Wildman–Crippen LogP) is 1.24. The van der Waals surface area contributed by atoms with Gasteiger partial charge in [-0.2, -0.15) is 0 Å². The molecule has 5 nitrogen and oxygen atoms in total. The molecule has 2 N–H and O–H groups in total. The normalized spacial score (nSPS) is 13.5. The van der Waals surface area contributed by atoms with Crippen LogP contribution >= 0.6 is 7.60 Å². The third-order valence-electron chi connectivity index (χ3n) is 3.01. The zero-order valence-corrected chi connectivity index (χ0v) is 11.8. The zero-order valence-electron chi connectivity index (χ0n) is 9.77. The minimum atomic E-state index is -4.11. The lowest BCUT2D eigenvalue weighted by atomic mass is 10.1. The van der Waals surface area contributed by atoms with Gasteiger partial charge in [-0.25, -0.2) is 0 Å². The molecule has 0 saturated heterocycles. The van der Waals surface area contributed by atoms with Crippen LogP contribution in [-0.2, 0) is 13.4 Å². The van der Waals surface area contributed by atoms with Gasteiger partial charge in [-0.1, -0.05) is 13.8 Å². The van der Waals surface area contributed by atoms with E-state index in [1.165, 1.54) is 14.2 Å². The molecular formula is C8H21O5PSi. The maximum atomic E-state index is 11.5. The summed E-state index contributed by atoms with van der Waals surface area (Å²) in [7, 11) is -3.01. The second-order valence-corrected chi connectivity index (χ2v) is 7.83. The van der Waals surface area contributed by atoms with E-state index in [1.807, 2.05) is 0 Å². The minimum Gasteiger partial charge on any atom is -0.400 e. The van der Waals surface area contributed by atoms with Gasteiger partial charge in [0, 0.05) is 20.3 Å². The van der Waals surface area contributed by atoms with Crippen molar-refractivity contribution >= 4 is 16.9 Å². The highest BCUT2D eigenvalue weighted by Crippen LogP contribution is 2.57. The van der Waals surface area contributed by atoms with Crippen LogP contribution in [0, 0.1) is 0 Å². The molecule has 0 aliphatic rings. The summed E-state index contributed by atoms with van der Waals surface area (Å²) in [6.45, 7) is 3.58. The average molecular weight is 256 g/mol. The van der Waals surface area contributed by atoms with Crippen molar-refractivity contribution < 1.29 is 23.2 Å². The van der Waals surface area contributed by atoms with Gasteiger partial charge in [-0.15, -0.1) is 0 Å².